The zero-order chi connectivity index (χ0) is 13.9. The average Bonchev–Trinajstić information content (AvgIpc) is 2.41. The molecule has 2 N–H and O–H groups in total. The van der Waals surface area contributed by atoms with E-state index in [9.17, 15) is 17.2 Å². The molecular weight excluding hydrogens is 274 g/mol. The number of hydrogen-bond acceptors (Lipinski definition) is 3. The summed E-state index contributed by atoms with van der Waals surface area (Å²) in [5, 5.41) is 3.17. The van der Waals surface area contributed by atoms with Crippen LogP contribution >= 0.6 is 0 Å². The summed E-state index contributed by atoms with van der Waals surface area (Å²) < 4.78 is 52.6. The Morgan fingerprint density at radius 2 is 2.11 bits per heavy atom. The molecule has 0 amide bonds. The Morgan fingerprint density at radius 1 is 1.32 bits per heavy atom. The molecule has 7 heteroatoms. The van der Waals surface area contributed by atoms with Gasteiger partial charge in [0, 0.05) is 12.6 Å². The van der Waals surface area contributed by atoms with Gasteiger partial charge >= 0.3 is 0 Å². The topological polar surface area (TPSA) is 58.2 Å². The third kappa shape index (κ3) is 3.49. The fraction of sp³-hybridized carbons (Fsp3) is 0.500. The maximum Gasteiger partial charge on any atom is 0.243 e. The quantitative estimate of drug-likeness (QED) is 0.881. The minimum atomic E-state index is -4.02. The highest BCUT2D eigenvalue weighted by molar-refractivity contribution is 7.89. The van der Waals surface area contributed by atoms with Crippen molar-refractivity contribution in [1.29, 1.82) is 0 Å². The summed E-state index contributed by atoms with van der Waals surface area (Å²) in [6.07, 6.45) is 2.98. The molecule has 1 aromatic carbocycles. The van der Waals surface area contributed by atoms with E-state index in [-0.39, 0.29) is 12.6 Å². The zero-order valence-electron chi connectivity index (χ0n) is 10.3. The largest absolute Gasteiger partial charge is 0.313 e. The summed E-state index contributed by atoms with van der Waals surface area (Å²) in [6, 6.07) is 3.15. The summed E-state index contributed by atoms with van der Waals surface area (Å²) in [4.78, 5) is -0.650. The average molecular weight is 290 g/mol. The van der Waals surface area contributed by atoms with Crippen LogP contribution in [0.5, 0.6) is 0 Å². The monoisotopic (exact) mass is 290 g/mol. The first-order valence-electron chi connectivity index (χ1n) is 6.18. The van der Waals surface area contributed by atoms with Crippen molar-refractivity contribution in [3.63, 3.8) is 0 Å². The molecule has 1 heterocycles. The van der Waals surface area contributed by atoms with E-state index in [4.69, 9.17) is 0 Å². The van der Waals surface area contributed by atoms with Crippen molar-refractivity contribution >= 4 is 10.0 Å². The highest BCUT2D eigenvalue weighted by atomic mass is 32.2. The molecule has 2 rings (SSSR count). The van der Waals surface area contributed by atoms with E-state index in [1.165, 1.54) is 6.07 Å². The third-order valence-electron chi connectivity index (χ3n) is 3.14. The third-order valence-corrected chi connectivity index (χ3v) is 4.58. The summed E-state index contributed by atoms with van der Waals surface area (Å²) in [5.74, 6) is -2.51. The lowest BCUT2D eigenvalue weighted by Gasteiger charge is -2.23. The van der Waals surface area contributed by atoms with Gasteiger partial charge in [0.25, 0.3) is 0 Å². The Balaban J connectivity index is 2.07. The minimum Gasteiger partial charge on any atom is -0.313 e. The van der Waals surface area contributed by atoms with E-state index in [1.807, 2.05) is 0 Å². The lowest BCUT2D eigenvalue weighted by atomic mass is 10.1. The molecule has 106 valence electrons. The van der Waals surface area contributed by atoms with Crippen molar-refractivity contribution in [1.82, 2.24) is 10.0 Å². The zero-order valence-corrected chi connectivity index (χ0v) is 11.1. The number of rotatable bonds is 4. The van der Waals surface area contributed by atoms with Crippen LogP contribution in [0.3, 0.4) is 0 Å². The summed E-state index contributed by atoms with van der Waals surface area (Å²) in [5.41, 5.74) is 0. The van der Waals surface area contributed by atoms with E-state index >= 15 is 0 Å². The first kappa shape index (κ1) is 14.4. The van der Waals surface area contributed by atoms with Crippen LogP contribution in [-0.2, 0) is 10.0 Å². The summed E-state index contributed by atoms with van der Waals surface area (Å²) in [6.45, 7) is 1.03. The van der Waals surface area contributed by atoms with Gasteiger partial charge in [-0.05, 0) is 31.5 Å². The van der Waals surface area contributed by atoms with Crippen LogP contribution in [0.15, 0.2) is 23.1 Å². The van der Waals surface area contributed by atoms with E-state index < -0.39 is 26.6 Å². The van der Waals surface area contributed by atoms with Crippen molar-refractivity contribution in [2.24, 2.45) is 0 Å². The number of piperidine rings is 1. The second-order valence-electron chi connectivity index (χ2n) is 4.55. The Bertz CT molecular complexity index is 543. The SMILES string of the molecule is O=S(=O)(NCC1CCCCN1)c1cccc(F)c1F. The molecule has 0 aliphatic carbocycles. The molecule has 1 aliphatic heterocycles. The minimum absolute atomic E-state index is 0.0418. The van der Waals surface area contributed by atoms with Gasteiger partial charge in [0.2, 0.25) is 10.0 Å². The molecule has 1 fully saturated rings. The molecule has 1 saturated heterocycles. The molecule has 0 bridgehead atoms. The molecule has 19 heavy (non-hydrogen) atoms. The Kier molecular flexibility index (Phi) is 4.49. The standard InChI is InChI=1S/C12H16F2N2O2S/c13-10-5-3-6-11(12(10)14)19(17,18)16-8-9-4-1-2-7-15-9/h3,5-6,9,15-16H,1-2,4,7-8H2. The van der Waals surface area contributed by atoms with Crippen molar-refractivity contribution in [3.8, 4) is 0 Å². The number of nitrogens with one attached hydrogen (secondary N) is 2. The van der Waals surface area contributed by atoms with E-state index in [0.717, 1.165) is 37.9 Å². The van der Waals surface area contributed by atoms with Gasteiger partial charge < -0.3 is 5.32 Å². The second kappa shape index (κ2) is 5.94. The van der Waals surface area contributed by atoms with Gasteiger partial charge in [-0.1, -0.05) is 12.5 Å². The van der Waals surface area contributed by atoms with Gasteiger partial charge in [-0.15, -0.1) is 0 Å². The van der Waals surface area contributed by atoms with Crippen molar-refractivity contribution in [2.45, 2.75) is 30.2 Å². The molecular formula is C12H16F2N2O2S. The normalized spacial score (nSPS) is 20.4. The highest BCUT2D eigenvalue weighted by Crippen LogP contribution is 2.17. The van der Waals surface area contributed by atoms with E-state index in [2.05, 4.69) is 10.0 Å². The van der Waals surface area contributed by atoms with Gasteiger partial charge in [0.15, 0.2) is 11.6 Å². The number of benzene rings is 1. The molecule has 1 unspecified atom stereocenters. The van der Waals surface area contributed by atoms with Crippen molar-refractivity contribution in [3.05, 3.63) is 29.8 Å². The predicted octanol–water partition coefficient (Wildman–Crippen LogP) is 1.39. The van der Waals surface area contributed by atoms with Gasteiger partial charge in [0.05, 0.1) is 0 Å². The Morgan fingerprint density at radius 3 is 2.79 bits per heavy atom. The summed E-state index contributed by atoms with van der Waals surface area (Å²) in [7, 11) is -4.02. The van der Waals surface area contributed by atoms with Gasteiger partial charge in [-0.3, -0.25) is 0 Å². The first-order chi connectivity index (χ1) is 9.00. The second-order valence-corrected chi connectivity index (χ2v) is 6.29. The van der Waals surface area contributed by atoms with Crippen molar-refractivity contribution in [2.75, 3.05) is 13.1 Å². The summed E-state index contributed by atoms with van der Waals surface area (Å²) >= 11 is 0. The van der Waals surface area contributed by atoms with Gasteiger partial charge in [-0.25, -0.2) is 21.9 Å². The highest BCUT2D eigenvalue weighted by Gasteiger charge is 2.23. The lowest BCUT2D eigenvalue weighted by Crippen LogP contribution is -2.43. The van der Waals surface area contributed by atoms with E-state index in [1.54, 1.807) is 0 Å². The molecule has 4 nitrogen and oxygen atoms in total. The van der Waals surface area contributed by atoms with Crippen LogP contribution in [0.2, 0.25) is 0 Å². The fourth-order valence-corrected chi connectivity index (χ4v) is 3.25. The molecule has 0 radical (unpaired) electrons. The first-order valence-corrected chi connectivity index (χ1v) is 7.66. The van der Waals surface area contributed by atoms with Crippen LogP contribution in [-0.4, -0.2) is 27.5 Å². The van der Waals surface area contributed by atoms with Crippen LogP contribution in [0.4, 0.5) is 8.78 Å². The van der Waals surface area contributed by atoms with Gasteiger partial charge in [-0.2, -0.15) is 0 Å². The van der Waals surface area contributed by atoms with Gasteiger partial charge in [0.1, 0.15) is 4.90 Å². The van der Waals surface area contributed by atoms with Crippen LogP contribution < -0.4 is 10.0 Å². The molecule has 0 aromatic heterocycles. The lowest BCUT2D eigenvalue weighted by molar-refractivity contribution is 0.397. The maximum absolute atomic E-state index is 13.5. The maximum atomic E-state index is 13.5. The van der Waals surface area contributed by atoms with Crippen molar-refractivity contribution < 1.29 is 17.2 Å². The predicted molar refractivity (Wildman–Crippen MR) is 67.2 cm³/mol. The van der Waals surface area contributed by atoms with Crippen LogP contribution in [0, 0.1) is 11.6 Å². The molecule has 1 aliphatic rings. The number of halogens is 2. The molecule has 0 spiro atoms. The molecule has 0 saturated carbocycles. The fourth-order valence-electron chi connectivity index (χ4n) is 2.08. The molecule has 1 atom stereocenters. The Hall–Kier alpha value is -1.05. The number of sulfonamides is 1. The smallest absolute Gasteiger partial charge is 0.243 e. The Labute approximate surface area is 111 Å². The number of hydrogen-bond donors (Lipinski definition) is 2. The van der Waals surface area contributed by atoms with E-state index in [0.29, 0.717) is 0 Å². The van der Waals surface area contributed by atoms with Crippen LogP contribution in [0.25, 0.3) is 0 Å². The van der Waals surface area contributed by atoms with Crippen LogP contribution in [0.1, 0.15) is 19.3 Å². The molecule has 1 aromatic rings.